The zero-order chi connectivity index (χ0) is 8.43. The standard InChI is InChI=1S/C7H4ClI3/c8-3-4-1-5(9)2-6(10)7(4)11/h1-2H,3H2. The predicted octanol–water partition coefficient (Wildman–Crippen LogP) is 4.24. The molecule has 0 aliphatic heterocycles. The van der Waals surface area contributed by atoms with Crippen LogP contribution in [-0.4, -0.2) is 0 Å². The molecule has 1 aromatic rings. The highest BCUT2D eigenvalue weighted by Gasteiger charge is 2.03. The molecule has 0 aliphatic carbocycles. The molecule has 0 aliphatic rings. The van der Waals surface area contributed by atoms with Gasteiger partial charge in [-0.2, -0.15) is 0 Å². The molecular formula is C7H4ClI3. The van der Waals surface area contributed by atoms with E-state index in [0.29, 0.717) is 5.88 Å². The minimum atomic E-state index is 0.602. The average Bonchev–Trinajstić information content (AvgIpc) is 1.96. The second-order valence-corrected chi connectivity index (χ2v) is 5.75. The number of hydrogen-bond donors (Lipinski definition) is 0. The molecule has 0 aromatic heterocycles. The summed E-state index contributed by atoms with van der Waals surface area (Å²) in [6.45, 7) is 0. The first-order valence-electron chi connectivity index (χ1n) is 2.84. The van der Waals surface area contributed by atoms with Crippen LogP contribution in [0.4, 0.5) is 0 Å². The molecule has 4 heteroatoms. The van der Waals surface area contributed by atoms with Gasteiger partial charge in [0.05, 0.1) is 0 Å². The Hall–Kier alpha value is 1.70. The minimum absolute atomic E-state index is 0.602. The van der Waals surface area contributed by atoms with Gasteiger partial charge < -0.3 is 0 Å². The summed E-state index contributed by atoms with van der Waals surface area (Å²) >= 11 is 12.7. The molecule has 0 fully saturated rings. The third-order valence-corrected chi connectivity index (χ3v) is 5.28. The van der Waals surface area contributed by atoms with E-state index in [1.807, 2.05) is 0 Å². The maximum atomic E-state index is 5.76. The lowest BCUT2D eigenvalue weighted by atomic mass is 10.2. The highest BCUT2D eigenvalue weighted by atomic mass is 127. The number of alkyl halides is 1. The molecule has 0 unspecified atom stereocenters. The van der Waals surface area contributed by atoms with Crippen LogP contribution < -0.4 is 0 Å². The summed E-state index contributed by atoms with van der Waals surface area (Å²) in [5.41, 5.74) is 1.23. The van der Waals surface area contributed by atoms with Crippen molar-refractivity contribution < 1.29 is 0 Å². The van der Waals surface area contributed by atoms with Crippen LogP contribution in [0.2, 0.25) is 0 Å². The molecular weight excluding hydrogens is 500 g/mol. The van der Waals surface area contributed by atoms with Crippen LogP contribution in [0.1, 0.15) is 5.56 Å². The van der Waals surface area contributed by atoms with E-state index < -0.39 is 0 Å². The average molecular weight is 504 g/mol. The lowest BCUT2D eigenvalue weighted by Crippen LogP contribution is -1.89. The second kappa shape index (κ2) is 4.80. The Morgan fingerprint density at radius 2 is 1.82 bits per heavy atom. The Labute approximate surface area is 112 Å². The largest absolute Gasteiger partial charge is 0.122 e. The Kier molecular flexibility index (Phi) is 4.71. The smallest absolute Gasteiger partial charge is 0.0485 e. The molecule has 0 bridgehead atoms. The Bertz CT molecular complexity index is 273. The van der Waals surface area contributed by atoms with E-state index in [9.17, 15) is 0 Å². The van der Waals surface area contributed by atoms with Gasteiger partial charge in [0.1, 0.15) is 0 Å². The van der Waals surface area contributed by atoms with Gasteiger partial charge in [-0.3, -0.25) is 0 Å². The molecule has 0 radical (unpaired) electrons. The van der Waals surface area contributed by atoms with Crippen LogP contribution in [0, 0.1) is 10.7 Å². The molecule has 0 nitrogen and oxygen atoms in total. The van der Waals surface area contributed by atoms with Crippen molar-refractivity contribution in [2.45, 2.75) is 5.88 Å². The highest BCUT2D eigenvalue weighted by Crippen LogP contribution is 2.23. The first-order valence-corrected chi connectivity index (χ1v) is 6.61. The number of hydrogen-bond acceptors (Lipinski definition) is 0. The van der Waals surface area contributed by atoms with Gasteiger partial charge in [0.25, 0.3) is 0 Å². The van der Waals surface area contributed by atoms with Crippen molar-refractivity contribution >= 4 is 79.4 Å². The van der Waals surface area contributed by atoms with Gasteiger partial charge in [-0.1, -0.05) is 0 Å². The lowest BCUT2D eigenvalue weighted by molar-refractivity contribution is 1.33. The Morgan fingerprint density at radius 1 is 1.18 bits per heavy atom. The molecule has 0 heterocycles. The monoisotopic (exact) mass is 504 g/mol. The van der Waals surface area contributed by atoms with E-state index in [1.165, 1.54) is 16.3 Å². The zero-order valence-electron chi connectivity index (χ0n) is 5.37. The summed E-state index contributed by atoms with van der Waals surface area (Å²) in [5, 5.41) is 0. The second-order valence-electron chi connectivity index (χ2n) is 1.99. The Balaban J connectivity index is 3.24. The van der Waals surface area contributed by atoms with E-state index in [-0.39, 0.29) is 0 Å². The molecule has 0 saturated carbocycles. The van der Waals surface area contributed by atoms with Crippen LogP contribution >= 0.6 is 79.4 Å². The minimum Gasteiger partial charge on any atom is -0.122 e. The number of benzene rings is 1. The van der Waals surface area contributed by atoms with Crippen LogP contribution in [0.25, 0.3) is 0 Å². The summed E-state index contributed by atoms with van der Waals surface area (Å²) in [7, 11) is 0. The number of rotatable bonds is 1. The van der Waals surface area contributed by atoms with Crippen molar-refractivity contribution in [1.29, 1.82) is 0 Å². The quantitative estimate of drug-likeness (QED) is 0.305. The first-order chi connectivity index (χ1) is 5.15. The van der Waals surface area contributed by atoms with Gasteiger partial charge in [-0.15, -0.1) is 11.6 Å². The van der Waals surface area contributed by atoms with Crippen LogP contribution in [-0.2, 0) is 5.88 Å². The Morgan fingerprint density at radius 3 is 2.36 bits per heavy atom. The first kappa shape index (κ1) is 10.8. The van der Waals surface area contributed by atoms with Crippen molar-refractivity contribution in [3.05, 3.63) is 28.4 Å². The fraction of sp³-hybridized carbons (Fsp3) is 0.143. The van der Waals surface area contributed by atoms with Gasteiger partial charge in [-0.25, -0.2) is 0 Å². The summed E-state index contributed by atoms with van der Waals surface area (Å²) < 4.78 is 3.81. The third kappa shape index (κ3) is 2.84. The van der Waals surface area contributed by atoms with Crippen LogP contribution in [0.5, 0.6) is 0 Å². The van der Waals surface area contributed by atoms with Gasteiger partial charge >= 0.3 is 0 Å². The van der Waals surface area contributed by atoms with Crippen molar-refractivity contribution in [3.63, 3.8) is 0 Å². The molecule has 1 rings (SSSR count). The van der Waals surface area contributed by atoms with E-state index in [0.717, 1.165) is 0 Å². The van der Waals surface area contributed by atoms with E-state index in [4.69, 9.17) is 11.6 Å². The summed E-state index contributed by atoms with van der Waals surface area (Å²) in [6, 6.07) is 4.27. The van der Waals surface area contributed by atoms with Crippen molar-refractivity contribution in [3.8, 4) is 0 Å². The van der Waals surface area contributed by atoms with Gasteiger partial charge in [0, 0.05) is 16.6 Å². The molecule has 0 atom stereocenters. The van der Waals surface area contributed by atoms with Gasteiger partial charge in [-0.05, 0) is 85.5 Å². The maximum Gasteiger partial charge on any atom is 0.0485 e. The highest BCUT2D eigenvalue weighted by molar-refractivity contribution is 14.1. The van der Waals surface area contributed by atoms with E-state index >= 15 is 0 Å². The summed E-state index contributed by atoms with van der Waals surface area (Å²) in [5.74, 6) is 0.602. The van der Waals surface area contributed by atoms with Crippen LogP contribution in [0.3, 0.4) is 0 Å². The van der Waals surface area contributed by atoms with E-state index in [2.05, 4.69) is 79.9 Å². The fourth-order valence-corrected chi connectivity index (χ4v) is 3.61. The van der Waals surface area contributed by atoms with Crippen molar-refractivity contribution in [2.24, 2.45) is 0 Å². The topological polar surface area (TPSA) is 0 Å². The fourth-order valence-electron chi connectivity index (χ4n) is 0.707. The normalized spacial score (nSPS) is 10.2. The molecule has 0 saturated heterocycles. The maximum absolute atomic E-state index is 5.76. The van der Waals surface area contributed by atoms with Crippen molar-refractivity contribution in [2.75, 3.05) is 0 Å². The molecule has 1 aromatic carbocycles. The van der Waals surface area contributed by atoms with Crippen LogP contribution in [0.15, 0.2) is 12.1 Å². The molecule has 0 amide bonds. The van der Waals surface area contributed by atoms with Gasteiger partial charge in [0.2, 0.25) is 0 Å². The van der Waals surface area contributed by atoms with Crippen molar-refractivity contribution in [1.82, 2.24) is 0 Å². The lowest BCUT2D eigenvalue weighted by Gasteiger charge is -2.03. The summed E-state index contributed by atoms with van der Waals surface area (Å²) in [4.78, 5) is 0. The molecule has 11 heavy (non-hydrogen) atoms. The van der Waals surface area contributed by atoms with Gasteiger partial charge in [0.15, 0.2) is 0 Å². The van der Waals surface area contributed by atoms with E-state index in [1.54, 1.807) is 0 Å². The number of halogens is 4. The molecule has 0 spiro atoms. The molecule has 0 N–H and O–H groups in total. The third-order valence-electron chi connectivity index (χ3n) is 1.21. The summed E-state index contributed by atoms with van der Waals surface area (Å²) in [6.07, 6.45) is 0. The SMILES string of the molecule is ClCc1cc(I)cc(I)c1I. The molecule has 60 valence electrons. The predicted molar refractivity (Wildman–Crippen MR) is 74.2 cm³/mol. The zero-order valence-corrected chi connectivity index (χ0v) is 12.6.